The number of nitrogens with one attached hydrogen (secondary N) is 1. The van der Waals surface area contributed by atoms with E-state index in [4.69, 9.17) is 11.6 Å². The van der Waals surface area contributed by atoms with E-state index in [1.54, 1.807) is 11.3 Å². The highest BCUT2D eigenvalue weighted by Gasteiger charge is 2.07. The van der Waals surface area contributed by atoms with Crippen LogP contribution in [0.25, 0.3) is 10.6 Å². The molecule has 0 aliphatic heterocycles. The fourth-order valence-corrected chi connectivity index (χ4v) is 2.80. The number of hydrogen-bond donors (Lipinski definition) is 1. The van der Waals surface area contributed by atoms with Gasteiger partial charge >= 0.3 is 0 Å². The third-order valence-electron chi connectivity index (χ3n) is 1.85. The van der Waals surface area contributed by atoms with Crippen LogP contribution in [0.1, 0.15) is 6.42 Å². The first-order chi connectivity index (χ1) is 7.79. The van der Waals surface area contributed by atoms with Crippen molar-refractivity contribution < 1.29 is 4.79 Å². The number of anilines is 1. The van der Waals surface area contributed by atoms with Crippen LogP contribution in [0.3, 0.4) is 0 Å². The van der Waals surface area contributed by atoms with Crippen molar-refractivity contribution in [1.29, 1.82) is 0 Å². The SMILES string of the molecule is O=C(CCCl)Nc1nc(-c2cccs2)cs1. The van der Waals surface area contributed by atoms with Gasteiger partial charge in [0.1, 0.15) is 0 Å². The third kappa shape index (κ3) is 2.81. The lowest BCUT2D eigenvalue weighted by Crippen LogP contribution is -2.11. The summed E-state index contributed by atoms with van der Waals surface area (Å²) in [6.45, 7) is 0. The second kappa shape index (κ2) is 5.43. The first-order valence-corrected chi connectivity index (χ1v) is 6.94. The molecular formula is C10H9ClN2OS2. The molecule has 1 N–H and O–H groups in total. The van der Waals surface area contributed by atoms with Gasteiger partial charge < -0.3 is 5.32 Å². The predicted molar refractivity (Wildman–Crippen MR) is 69.4 cm³/mol. The van der Waals surface area contributed by atoms with Crippen LogP contribution in [0, 0.1) is 0 Å². The third-order valence-corrected chi connectivity index (χ3v) is 3.68. The van der Waals surface area contributed by atoms with Crippen molar-refractivity contribution in [2.24, 2.45) is 0 Å². The Morgan fingerprint density at radius 1 is 1.50 bits per heavy atom. The molecule has 1 amide bonds. The van der Waals surface area contributed by atoms with Gasteiger partial charge in [-0.05, 0) is 11.4 Å². The molecule has 0 saturated heterocycles. The van der Waals surface area contributed by atoms with E-state index in [2.05, 4.69) is 10.3 Å². The molecule has 0 aliphatic carbocycles. The molecule has 84 valence electrons. The summed E-state index contributed by atoms with van der Waals surface area (Å²) in [7, 11) is 0. The van der Waals surface area contributed by atoms with Gasteiger partial charge in [0.25, 0.3) is 0 Å². The number of hydrogen-bond acceptors (Lipinski definition) is 4. The number of nitrogens with zero attached hydrogens (tertiary/aromatic N) is 1. The van der Waals surface area contributed by atoms with Crippen LogP contribution in [0.5, 0.6) is 0 Å². The first-order valence-electron chi connectivity index (χ1n) is 4.65. The number of thiophene rings is 1. The summed E-state index contributed by atoms with van der Waals surface area (Å²) in [4.78, 5) is 16.7. The Labute approximate surface area is 106 Å². The minimum Gasteiger partial charge on any atom is -0.302 e. The first kappa shape index (κ1) is 11.6. The highest BCUT2D eigenvalue weighted by molar-refractivity contribution is 7.16. The molecule has 0 aliphatic rings. The summed E-state index contributed by atoms with van der Waals surface area (Å²) in [6, 6.07) is 3.98. The summed E-state index contributed by atoms with van der Waals surface area (Å²) >= 11 is 8.52. The molecular weight excluding hydrogens is 264 g/mol. The normalized spacial score (nSPS) is 10.3. The van der Waals surface area contributed by atoms with E-state index in [1.807, 2.05) is 22.9 Å². The van der Waals surface area contributed by atoms with Gasteiger partial charge in [-0.25, -0.2) is 4.98 Å². The smallest absolute Gasteiger partial charge is 0.227 e. The maximum atomic E-state index is 11.3. The van der Waals surface area contributed by atoms with Crippen molar-refractivity contribution in [2.45, 2.75) is 6.42 Å². The number of halogens is 1. The van der Waals surface area contributed by atoms with Crippen molar-refractivity contribution in [3.05, 3.63) is 22.9 Å². The van der Waals surface area contributed by atoms with Gasteiger partial charge in [0.15, 0.2) is 5.13 Å². The van der Waals surface area contributed by atoms with Crippen LogP contribution in [0.4, 0.5) is 5.13 Å². The average Bonchev–Trinajstić information content (AvgIpc) is 2.86. The number of rotatable bonds is 4. The van der Waals surface area contributed by atoms with Gasteiger partial charge in [-0.3, -0.25) is 4.79 Å². The lowest BCUT2D eigenvalue weighted by molar-refractivity contribution is -0.115. The molecule has 2 rings (SSSR count). The topological polar surface area (TPSA) is 42.0 Å². The highest BCUT2D eigenvalue weighted by atomic mass is 35.5. The summed E-state index contributed by atoms with van der Waals surface area (Å²) in [5, 5.41) is 7.27. The standard InChI is InChI=1S/C10H9ClN2OS2/c11-4-3-9(14)13-10-12-7(6-16-10)8-2-1-5-15-8/h1-2,5-6H,3-4H2,(H,12,13,14). The zero-order chi connectivity index (χ0) is 11.4. The highest BCUT2D eigenvalue weighted by Crippen LogP contribution is 2.28. The molecule has 2 aromatic rings. The van der Waals surface area contributed by atoms with Crippen molar-refractivity contribution in [3.63, 3.8) is 0 Å². The van der Waals surface area contributed by atoms with Crippen molar-refractivity contribution >= 4 is 45.3 Å². The van der Waals surface area contributed by atoms with Crippen LogP contribution in [0.15, 0.2) is 22.9 Å². The maximum Gasteiger partial charge on any atom is 0.227 e. The van der Waals surface area contributed by atoms with E-state index in [1.165, 1.54) is 11.3 Å². The lowest BCUT2D eigenvalue weighted by Gasteiger charge is -1.97. The molecule has 0 saturated carbocycles. The molecule has 3 nitrogen and oxygen atoms in total. The summed E-state index contributed by atoms with van der Waals surface area (Å²) in [6.07, 6.45) is 0.315. The molecule has 0 atom stereocenters. The minimum absolute atomic E-state index is 0.0953. The molecule has 0 spiro atoms. The predicted octanol–water partition coefficient (Wildman–Crippen LogP) is 3.44. The molecule has 0 aromatic carbocycles. The van der Waals surface area contributed by atoms with E-state index < -0.39 is 0 Å². The molecule has 2 aromatic heterocycles. The molecule has 0 fully saturated rings. The zero-order valence-corrected chi connectivity index (χ0v) is 10.7. The molecule has 2 heterocycles. The molecule has 16 heavy (non-hydrogen) atoms. The summed E-state index contributed by atoms with van der Waals surface area (Å²) < 4.78 is 0. The van der Waals surface area contributed by atoms with Crippen LogP contribution in [0.2, 0.25) is 0 Å². The zero-order valence-electron chi connectivity index (χ0n) is 8.27. The summed E-state index contributed by atoms with van der Waals surface area (Å²) in [5.41, 5.74) is 0.904. The van der Waals surface area contributed by atoms with E-state index in [9.17, 15) is 4.79 Å². The maximum absolute atomic E-state index is 11.3. The quantitative estimate of drug-likeness (QED) is 0.867. The second-order valence-corrected chi connectivity index (χ2v) is 5.19. The van der Waals surface area contributed by atoms with E-state index in [0.29, 0.717) is 17.4 Å². The van der Waals surface area contributed by atoms with E-state index in [-0.39, 0.29) is 5.91 Å². The van der Waals surface area contributed by atoms with Crippen molar-refractivity contribution in [2.75, 3.05) is 11.2 Å². The Kier molecular flexibility index (Phi) is 3.93. The van der Waals surface area contributed by atoms with Crippen LogP contribution in [-0.2, 0) is 4.79 Å². The van der Waals surface area contributed by atoms with E-state index in [0.717, 1.165) is 10.6 Å². The Bertz CT molecular complexity index is 467. The molecule has 0 radical (unpaired) electrons. The van der Waals surface area contributed by atoms with Crippen molar-refractivity contribution in [1.82, 2.24) is 4.98 Å². The molecule has 0 bridgehead atoms. The minimum atomic E-state index is -0.0953. The number of thiazole rings is 1. The summed E-state index contributed by atoms with van der Waals surface area (Å²) in [5.74, 6) is 0.233. The van der Waals surface area contributed by atoms with E-state index >= 15 is 0 Å². The largest absolute Gasteiger partial charge is 0.302 e. The molecule has 6 heteroatoms. The van der Waals surface area contributed by atoms with Gasteiger partial charge in [0.05, 0.1) is 10.6 Å². The Balaban J connectivity index is 2.06. The number of amides is 1. The van der Waals surface area contributed by atoms with Crippen LogP contribution in [-0.4, -0.2) is 16.8 Å². The van der Waals surface area contributed by atoms with Crippen LogP contribution >= 0.6 is 34.3 Å². The van der Waals surface area contributed by atoms with Gasteiger partial charge in [-0.1, -0.05) is 6.07 Å². The fraction of sp³-hybridized carbons (Fsp3) is 0.200. The monoisotopic (exact) mass is 272 g/mol. The Morgan fingerprint density at radius 3 is 3.06 bits per heavy atom. The van der Waals surface area contributed by atoms with Crippen LogP contribution < -0.4 is 5.32 Å². The number of aromatic nitrogens is 1. The van der Waals surface area contributed by atoms with Gasteiger partial charge in [0, 0.05) is 17.7 Å². The second-order valence-electron chi connectivity index (χ2n) is 3.00. The Hall–Kier alpha value is -0.910. The number of carbonyl (C=O) groups excluding carboxylic acids is 1. The van der Waals surface area contributed by atoms with Crippen molar-refractivity contribution in [3.8, 4) is 10.6 Å². The molecule has 0 unspecified atom stereocenters. The average molecular weight is 273 g/mol. The Morgan fingerprint density at radius 2 is 2.38 bits per heavy atom. The van der Waals surface area contributed by atoms with Gasteiger partial charge in [-0.2, -0.15) is 0 Å². The lowest BCUT2D eigenvalue weighted by atomic mass is 10.4. The van der Waals surface area contributed by atoms with Gasteiger partial charge in [0.2, 0.25) is 5.91 Å². The number of alkyl halides is 1. The fourth-order valence-electron chi connectivity index (χ4n) is 1.14. The number of carbonyl (C=O) groups is 1. The van der Waals surface area contributed by atoms with Gasteiger partial charge in [-0.15, -0.1) is 34.3 Å².